The number of aromatic nitrogens is 2. The van der Waals surface area contributed by atoms with Crippen molar-refractivity contribution in [2.24, 2.45) is 5.73 Å². The smallest absolute Gasteiger partial charge is 0.174 e. The van der Waals surface area contributed by atoms with E-state index in [9.17, 15) is 0 Å². The third kappa shape index (κ3) is 3.16. The minimum Gasteiger partial charge on any atom is -0.327 e. The van der Waals surface area contributed by atoms with Crippen LogP contribution in [0.25, 0.3) is 0 Å². The molecule has 0 radical (unpaired) electrons. The number of thioether (sulfide) groups is 1. The number of rotatable bonds is 3. The first-order valence-electron chi connectivity index (χ1n) is 6.56. The molecule has 0 aliphatic heterocycles. The van der Waals surface area contributed by atoms with Crippen molar-refractivity contribution in [1.82, 2.24) is 10.2 Å². The van der Waals surface area contributed by atoms with Crippen LogP contribution in [0.5, 0.6) is 0 Å². The predicted molar refractivity (Wildman–Crippen MR) is 80.6 cm³/mol. The number of nitrogens with zero attached hydrogens (tertiary/aromatic N) is 2. The monoisotopic (exact) mass is 291 g/mol. The second-order valence-corrected chi connectivity index (χ2v) is 7.26. The zero-order chi connectivity index (χ0) is 13.1. The van der Waals surface area contributed by atoms with E-state index in [0.29, 0.717) is 11.2 Å². The Balaban J connectivity index is 1.70. The van der Waals surface area contributed by atoms with Gasteiger partial charge in [-0.2, -0.15) is 0 Å². The van der Waals surface area contributed by atoms with E-state index >= 15 is 0 Å². The lowest BCUT2D eigenvalue weighted by atomic mass is 9.82. The highest BCUT2D eigenvalue weighted by Crippen LogP contribution is 2.40. The molecule has 2 N–H and O–H groups in total. The Hall–Kier alpha value is -0.910. The van der Waals surface area contributed by atoms with Crippen LogP contribution < -0.4 is 5.73 Å². The standard InChI is InChI=1S/C14H17N3S2/c15-12-7-6-11(10-4-2-1-3-5-10)8-13(12)19-14-17-16-9-18-14/h1-5,9,11-13H,6-8,15H2. The van der Waals surface area contributed by atoms with Crippen LogP contribution in [-0.2, 0) is 0 Å². The van der Waals surface area contributed by atoms with Gasteiger partial charge in [-0.05, 0) is 30.7 Å². The average molecular weight is 291 g/mol. The summed E-state index contributed by atoms with van der Waals surface area (Å²) in [6, 6.07) is 11.1. The normalized spacial score (nSPS) is 27.3. The summed E-state index contributed by atoms with van der Waals surface area (Å²) < 4.78 is 1.04. The van der Waals surface area contributed by atoms with Gasteiger partial charge in [0.25, 0.3) is 0 Å². The maximum absolute atomic E-state index is 6.27. The van der Waals surface area contributed by atoms with E-state index in [1.54, 1.807) is 28.6 Å². The fourth-order valence-corrected chi connectivity index (χ4v) is 4.65. The van der Waals surface area contributed by atoms with Crippen LogP contribution in [0.1, 0.15) is 30.7 Å². The molecule has 19 heavy (non-hydrogen) atoms. The van der Waals surface area contributed by atoms with Crippen LogP contribution in [-0.4, -0.2) is 21.5 Å². The Morgan fingerprint density at radius 1 is 1.21 bits per heavy atom. The largest absolute Gasteiger partial charge is 0.327 e. The fourth-order valence-electron chi connectivity index (χ4n) is 2.66. The van der Waals surface area contributed by atoms with Crippen molar-refractivity contribution in [3.05, 3.63) is 41.4 Å². The summed E-state index contributed by atoms with van der Waals surface area (Å²) in [5, 5.41) is 8.47. The Morgan fingerprint density at radius 2 is 2.05 bits per heavy atom. The summed E-state index contributed by atoms with van der Waals surface area (Å²) in [6.45, 7) is 0. The lowest BCUT2D eigenvalue weighted by Crippen LogP contribution is -2.37. The van der Waals surface area contributed by atoms with Crippen molar-refractivity contribution in [3.8, 4) is 0 Å². The topological polar surface area (TPSA) is 51.8 Å². The summed E-state index contributed by atoms with van der Waals surface area (Å²) in [4.78, 5) is 0. The van der Waals surface area contributed by atoms with Gasteiger partial charge in [-0.1, -0.05) is 53.4 Å². The summed E-state index contributed by atoms with van der Waals surface area (Å²) in [6.07, 6.45) is 3.42. The Kier molecular flexibility index (Phi) is 4.15. The van der Waals surface area contributed by atoms with Crippen molar-refractivity contribution in [3.63, 3.8) is 0 Å². The molecule has 1 saturated carbocycles. The molecule has 0 saturated heterocycles. The van der Waals surface area contributed by atoms with Crippen LogP contribution in [0.2, 0.25) is 0 Å². The molecule has 3 atom stereocenters. The molecular weight excluding hydrogens is 274 g/mol. The maximum Gasteiger partial charge on any atom is 0.174 e. The summed E-state index contributed by atoms with van der Waals surface area (Å²) >= 11 is 3.40. The molecule has 1 aliphatic carbocycles. The highest BCUT2D eigenvalue weighted by molar-refractivity contribution is 8.01. The molecule has 1 aromatic carbocycles. The van der Waals surface area contributed by atoms with E-state index in [1.165, 1.54) is 12.0 Å². The second kappa shape index (κ2) is 6.03. The molecule has 100 valence electrons. The zero-order valence-corrected chi connectivity index (χ0v) is 12.2. The molecule has 1 aliphatic rings. The van der Waals surface area contributed by atoms with E-state index in [0.717, 1.165) is 17.2 Å². The van der Waals surface area contributed by atoms with Crippen molar-refractivity contribution >= 4 is 23.1 Å². The highest BCUT2D eigenvalue weighted by Gasteiger charge is 2.30. The van der Waals surface area contributed by atoms with Gasteiger partial charge < -0.3 is 5.73 Å². The van der Waals surface area contributed by atoms with Crippen molar-refractivity contribution in [2.45, 2.75) is 40.8 Å². The van der Waals surface area contributed by atoms with Gasteiger partial charge in [0.05, 0.1) is 0 Å². The molecule has 1 aromatic heterocycles. The number of nitrogens with two attached hydrogens (primary N) is 1. The van der Waals surface area contributed by atoms with E-state index in [4.69, 9.17) is 5.73 Å². The number of benzene rings is 1. The second-order valence-electron chi connectivity index (χ2n) is 4.95. The van der Waals surface area contributed by atoms with Gasteiger partial charge in [0.1, 0.15) is 5.51 Å². The van der Waals surface area contributed by atoms with E-state index < -0.39 is 0 Å². The minimum absolute atomic E-state index is 0.272. The first-order chi connectivity index (χ1) is 9.33. The Morgan fingerprint density at radius 3 is 2.79 bits per heavy atom. The molecule has 0 bridgehead atoms. The van der Waals surface area contributed by atoms with Gasteiger partial charge in [-0.25, -0.2) is 0 Å². The van der Waals surface area contributed by atoms with Crippen molar-refractivity contribution < 1.29 is 0 Å². The van der Waals surface area contributed by atoms with Gasteiger partial charge in [0, 0.05) is 11.3 Å². The minimum atomic E-state index is 0.272. The fraction of sp³-hybridized carbons (Fsp3) is 0.429. The van der Waals surface area contributed by atoms with Crippen LogP contribution >= 0.6 is 23.1 Å². The molecule has 1 fully saturated rings. The first kappa shape index (κ1) is 13.1. The number of hydrogen-bond acceptors (Lipinski definition) is 5. The first-order valence-corrected chi connectivity index (χ1v) is 8.32. The van der Waals surface area contributed by atoms with Gasteiger partial charge in [0.15, 0.2) is 4.34 Å². The molecule has 1 heterocycles. The zero-order valence-electron chi connectivity index (χ0n) is 10.6. The van der Waals surface area contributed by atoms with Crippen molar-refractivity contribution in [2.75, 3.05) is 0 Å². The third-order valence-corrected chi connectivity index (χ3v) is 5.89. The molecule has 3 unspecified atom stereocenters. The van der Waals surface area contributed by atoms with Crippen LogP contribution in [0, 0.1) is 0 Å². The quantitative estimate of drug-likeness (QED) is 0.942. The lowest BCUT2D eigenvalue weighted by molar-refractivity contribution is 0.406. The van der Waals surface area contributed by atoms with E-state index in [-0.39, 0.29) is 6.04 Å². The molecular formula is C14H17N3S2. The van der Waals surface area contributed by atoms with Gasteiger partial charge in [0.2, 0.25) is 0 Å². The Labute approximate surface area is 121 Å². The SMILES string of the molecule is NC1CCC(c2ccccc2)CC1Sc1nncs1. The number of hydrogen-bond donors (Lipinski definition) is 1. The average Bonchev–Trinajstić information content (AvgIpc) is 2.95. The van der Waals surface area contributed by atoms with Crippen molar-refractivity contribution in [1.29, 1.82) is 0 Å². The molecule has 5 heteroatoms. The lowest BCUT2D eigenvalue weighted by Gasteiger charge is -2.33. The van der Waals surface area contributed by atoms with E-state index in [1.807, 2.05) is 0 Å². The highest BCUT2D eigenvalue weighted by atomic mass is 32.2. The third-order valence-electron chi connectivity index (χ3n) is 3.71. The van der Waals surface area contributed by atoms with Crippen LogP contribution in [0.4, 0.5) is 0 Å². The molecule has 2 aromatic rings. The summed E-state index contributed by atoms with van der Waals surface area (Å²) in [5.41, 5.74) is 9.50. The molecule has 0 amide bonds. The predicted octanol–water partition coefficient (Wildman–Crippen LogP) is 3.29. The summed E-state index contributed by atoms with van der Waals surface area (Å²) in [5.74, 6) is 0.631. The van der Waals surface area contributed by atoms with Gasteiger partial charge in [-0.3, -0.25) is 0 Å². The summed E-state index contributed by atoms with van der Waals surface area (Å²) in [7, 11) is 0. The van der Waals surface area contributed by atoms with Gasteiger partial charge >= 0.3 is 0 Å². The molecule has 3 nitrogen and oxygen atoms in total. The Bertz CT molecular complexity index is 501. The molecule has 0 spiro atoms. The maximum atomic E-state index is 6.27. The molecule has 3 rings (SSSR count). The van der Waals surface area contributed by atoms with Crippen LogP contribution in [0.3, 0.4) is 0 Å². The van der Waals surface area contributed by atoms with Gasteiger partial charge in [-0.15, -0.1) is 10.2 Å². The van der Waals surface area contributed by atoms with Crippen LogP contribution in [0.15, 0.2) is 40.2 Å². The van der Waals surface area contributed by atoms with E-state index in [2.05, 4.69) is 40.5 Å².